The fraction of sp³-hybridized carbons (Fsp3) is 0.0625. The van der Waals surface area contributed by atoms with Gasteiger partial charge in [-0.2, -0.15) is 0 Å². The zero-order valence-corrected chi connectivity index (χ0v) is 12.4. The first kappa shape index (κ1) is 11.9. The number of fused-ring (bicyclic) bond motifs is 3. The lowest BCUT2D eigenvalue weighted by Gasteiger charge is -2.00. The molecule has 0 fully saturated rings. The minimum absolute atomic E-state index is 0.748. The van der Waals surface area contributed by atoms with Gasteiger partial charge < -0.3 is 0 Å². The quantitative estimate of drug-likeness (QED) is 0.473. The predicted octanol–water partition coefficient (Wildman–Crippen LogP) is 5.18. The molecule has 2 aromatic carbocycles. The Morgan fingerprint density at radius 1 is 1.05 bits per heavy atom. The number of imidazole rings is 1. The molecule has 0 atom stereocenters. The normalized spacial score (nSPS) is 11.5. The van der Waals surface area contributed by atoms with E-state index in [1.165, 1.54) is 15.9 Å². The molecule has 0 radical (unpaired) electrons. The maximum Gasteiger partial charge on any atom is 0.195 e. The molecule has 20 heavy (non-hydrogen) atoms. The Bertz CT molecular complexity index is 919. The van der Waals surface area contributed by atoms with Crippen LogP contribution >= 0.6 is 22.9 Å². The van der Waals surface area contributed by atoms with Crippen molar-refractivity contribution in [3.05, 3.63) is 59.2 Å². The molecule has 0 aliphatic carbocycles. The third-order valence-electron chi connectivity index (χ3n) is 3.50. The highest BCUT2D eigenvalue weighted by molar-refractivity contribution is 7.23. The van der Waals surface area contributed by atoms with E-state index < -0.39 is 0 Å². The van der Waals surface area contributed by atoms with Crippen LogP contribution in [0.1, 0.15) is 5.69 Å². The van der Waals surface area contributed by atoms with E-state index in [1.54, 1.807) is 11.3 Å². The van der Waals surface area contributed by atoms with Crippen LogP contribution in [-0.4, -0.2) is 9.38 Å². The van der Waals surface area contributed by atoms with Crippen molar-refractivity contribution in [1.29, 1.82) is 0 Å². The lowest BCUT2D eigenvalue weighted by molar-refractivity contribution is 1.19. The van der Waals surface area contributed by atoms with Crippen molar-refractivity contribution in [2.75, 3.05) is 0 Å². The van der Waals surface area contributed by atoms with Gasteiger partial charge in [0.1, 0.15) is 0 Å². The summed E-state index contributed by atoms with van der Waals surface area (Å²) in [6, 6.07) is 16.2. The molecule has 4 aromatic rings. The summed E-state index contributed by atoms with van der Waals surface area (Å²) in [5.41, 5.74) is 4.52. The van der Waals surface area contributed by atoms with Crippen molar-refractivity contribution < 1.29 is 0 Å². The fourth-order valence-electron chi connectivity index (χ4n) is 2.54. The number of hydrogen-bond donors (Lipinski definition) is 0. The number of aromatic nitrogens is 2. The van der Waals surface area contributed by atoms with E-state index in [4.69, 9.17) is 16.6 Å². The first-order valence-corrected chi connectivity index (χ1v) is 7.56. The summed E-state index contributed by atoms with van der Waals surface area (Å²) in [4.78, 5) is 5.82. The molecule has 4 rings (SSSR count). The third-order valence-corrected chi connectivity index (χ3v) is 4.78. The highest BCUT2D eigenvalue weighted by Crippen LogP contribution is 2.32. The molecule has 2 nitrogen and oxygen atoms in total. The molecule has 0 saturated heterocycles. The van der Waals surface area contributed by atoms with Crippen molar-refractivity contribution in [2.24, 2.45) is 0 Å². The minimum Gasteiger partial charge on any atom is -0.287 e. The Labute approximate surface area is 125 Å². The molecule has 0 spiro atoms. The van der Waals surface area contributed by atoms with Crippen LogP contribution in [0, 0.1) is 6.92 Å². The summed E-state index contributed by atoms with van der Waals surface area (Å²) in [6.07, 6.45) is 0. The van der Waals surface area contributed by atoms with Crippen LogP contribution in [0.5, 0.6) is 0 Å². The number of benzene rings is 2. The molecule has 2 aromatic heterocycles. The molecular weight excluding hydrogens is 288 g/mol. The molecule has 0 aliphatic heterocycles. The number of aryl methyl sites for hydroxylation is 1. The van der Waals surface area contributed by atoms with E-state index in [0.717, 1.165) is 21.2 Å². The molecule has 0 unspecified atom stereocenters. The average Bonchev–Trinajstić information content (AvgIpc) is 2.97. The number of halogens is 1. The summed E-state index contributed by atoms with van der Waals surface area (Å²) < 4.78 is 3.49. The lowest BCUT2D eigenvalue weighted by atomic mass is 10.1. The first-order valence-electron chi connectivity index (χ1n) is 6.36. The molecule has 4 heteroatoms. The SMILES string of the molecule is Cc1c(-c2ccc(Cl)cc2)nc2sc3ccccc3n12. The summed E-state index contributed by atoms with van der Waals surface area (Å²) in [5.74, 6) is 0. The number of nitrogens with zero attached hydrogens (tertiary/aromatic N) is 2. The molecule has 0 N–H and O–H groups in total. The van der Waals surface area contributed by atoms with Crippen LogP contribution in [0.4, 0.5) is 0 Å². The van der Waals surface area contributed by atoms with E-state index in [2.05, 4.69) is 35.6 Å². The van der Waals surface area contributed by atoms with Gasteiger partial charge in [0, 0.05) is 16.3 Å². The van der Waals surface area contributed by atoms with Crippen molar-refractivity contribution in [2.45, 2.75) is 6.92 Å². The molecular formula is C16H11ClN2S. The van der Waals surface area contributed by atoms with Gasteiger partial charge in [-0.25, -0.2) is 4.98 Å². The Balaban J connectivity index is 2.02. The Morgan fingerprint density at radius 3 is 2.60 bits per heavy atom. The maximum absolute atomic E-state index is 5.95. The molecule has 0 saturated carbocycles. The number of thiazole rings is 1. The summed E-state index contributed by atoms with van der Waals surface area (Å²) in [6.45, 7) is 2.11. The maximum atomic E-state index is 5.95. The van der Waals surface area contributed by atoms with Crippen LogP contribution in [0.2, 0.25) is 5.02 Å². The predicted molar refractivity (Wildman–Crippen MR) is 85.8 cm³/mol. The first-order chi connectivity index (χ1) is 9.74. The Morgan fingerprint density at radius 2 is 1.80 bits per heavy atom. The topological polar surface area (TPSA) is 17.3 Å². The fourth-order valence-corrected chi connectivity index (χ4v) is 3.73. The van der Waals surface area contributed by atoms with Gasteiger partial charge in [0.2, 0.25) is 0 Å². The van der Waals surface area contributed by atoms with Gasteiger partial charge in [-0.1, -0.05) is 47.2 Å². The van der Waals surface area contributed by atoms with E-state index in [1.807, 2.05) is 24.3 Å². The van der Waals surface area contributed by atoms with Crippen LogP contribution in [0.15, 0.2) is 48.5 Å². The largest absolute Gasteiger partial charge is 0.287 e. The van der Waals surface area contributed by atoms with E-state index in [-0.39, 0.29) is 0 Å². The second kappa shape index (κ2) is 4.33. The van der Waals surface area contributed by atoms with E-state index in [0.29, 0.717) is 0 Å². The Hall–Kier alpha value is -1.84. The van der Waals surface area contributed by atoms with Gasteiger partial charge in [0.15, 0.2) is 4.96 Å². The third kappa shape index (κ3) is 1.67. The Kier molecular flexibility index (Phi) is 2.59. The highest BCUT2D eigenvalue weighted by Gasteiger charge is 2.14. The van der Waals surface area contributed by atoms with Crippen molar-refractivity contribution in [3.63, 3.8) is 0 Å². The molecule has 0 amide bonds. The second-order valence-corrected chi connectivity index (χ2v) is 6.19. The monoisotopic (exact) mass is 298 g/mol. The smallest absolute Gasteiger partial charge is 0.195 e. The summed E-state index contributed by atoms with van der Waals surface area (Å²) >= 11 is 7.67. The van der Waals surface area contributed by atoms with Crippen molar-refractivity contribution in [1.82, 2.24) is 9.38 Å². The average molecular weight is 299 g/mol. The molecule has 0 bridgehead atoms. The van der Waals surface area contributed by atoms with Gasteiger partial charge in [0.25, 0.3) is 0 Å². The molecule has 2 heterocycles. The number of rotatable bonds is 1. The van der Waals surface area contributed by atoms with E-state index >= 15 is 0 Å². The lowest BCUT2D eigenvalue weighted by Crippen LogP contribution is -1.86. The van der Waals surface area contributed by atoms with Crippen LogP contribution < -0.4 is 0 Å². The van der Waals surface area contributed by atoms with Crippen LogP contribution in [0.3, 0.4) is 0 Å². The van der Waals surface area contributed by atoms with Crippen molar-refractivity contribution in [3.8, 4) is 11.3 Å². The molecule has 0 aliphatic rings. The second-order valence-electron chi connectivity index (χ2n) is 4.74. The van der Waals surface area contributed by atoms with Crippen molar-refractivity contribution >= 4 is 38.1 Å². The zero-order chi connectivity index (χ0) is 13.7. The minimum atomic E-state index is 0.748. The van der Waals surface area contributed by atoms with Gasteiger partial charge in [0.05, 0.1) is 15.9 Å². The van der Waals surface area contributed by atoms with E-state index in [9.17, 15) is 0 Å². The number of hydrogen-bond acceptors (Lipinski definition) is 2. The molecule has 98 valence electrons. The van der Waals surface area contributed by atoms with Gasteiger partial charge in [-0.15, -0.1) is 0 Å². The van der Waals surface area contributed by atoms with Gasteiger partial charge >= 0.3 is 0 Å². The van der Waals surface area contributed by atoms with Gasteiger partial charge in [-0.05, 0) is 31.2 Å². The van der Waals surface area contributed by atoms with Crippen LogP contribution in [0.25, 0.3) is 26.4 Å². The summed E-state index contributed by atoms with van der Waals surface area (Å²) in [5, 5.41) is 0.748. The highest BCUT2D eigenvalue weighted by atomic mass is 35.5. The summed E-state index contributed by atoms with van der Waals surface area (Å²) in [7, 11) is 0. The number of para-hydroxylation sites is 1. The zero-order valence-electron chi connectivity index (χ0n) is 10.8. The van der Waals surface area contributed by atoms with Crippen LogP contribution in [-0.2, 0) is 0 Å². The van der Waals surface area contributed by atoms with Gasteiger partial charge in [-0.3, -0.25) is 4.40 Å². The standard InChI is InChI=1S/C16H11ClN2S/c1-10-15(11-6-8-12(17)9-7-11)18-16-19(10)13-4-2-3-5-14(13)20-16/h2-9H,1H3.